The molecule has 0 aromatic heterocycles. The molecule has 4 nitrogen and oxygen atoms in total. The molecular formula is C10H22NO3Si. The summed E-state index contributed by atoms with van der Waals surface area (Å²) in [5, 5.41) is 3.23. The normalized spacial score (nSPS) is 14.2. The molecule has 0 aromatic rings. The molecule has 89 valence electrons. The average molecular weight is 232 g/mol. The van der Waals surface area contributed by atoms with Gasteiger partial charge in [0.1, 0.15) is 6.10 Å². The van der Waals surface area contributed by atoms with E-state index >= 15 is 0 Å². The molecule has 3 radical (unpaired) electrons. The Kier molecular flexibility index (Phi) is 8.27. The predicted octanol–water partition coefficient (Wildman–Crippen LogP) is 0.924. The first kappa shape index (κ1) is 15.1. The van der Waals surface area contributed by atoms with Gasteiger partial charge in [-0.1, -0.05) is 13.3 Å². The maximum Gasteiger partial charge on any atom is 0.254 e. The van der Waals surface area contributed by atoms with Crippen LogP contribution < -0.4 is 5.32 Å². The van der Waals surface area contributed by atoms with E-state index in [-0.39, 0.29) is 6.10 Å². The van der Waals surface area contributed by atoms with E-state index in [0.717, 1.165) is 19.4 Å². The molecule has 0 bridgehead atoms. The fourth-order valence-electron chi connectivity index (χ4n) is 1.42. The van der Waals surface area contributed by atoms with Crippen molar-refractivity contribution >= 4 is 10.2 Å². The highest BCUT2D eigenvalue weighted by Gasteiger charge is 2.38. The number of hydrogen-bond donors (Lipinski definition) is 1. The van der Waals surface area contributed by atoms with E-state index in [1.807, 2.05) is 0 Å². The first-order chi connectivity index (χ1) is 7.20. The summed E-state index contributed by atoms with van der Waals surface area (Å²) in [6, 6.07) is 0.636. The van der Waals surface area contributed by atoms with Crippen LogP contribution in [0.4, 0.5) is 0 Å². The molecule has 1 N–H and O–H groups in total. The van der Waals surface area contributed by atoms with Gasteiger partial charge in [-0.25, -0.2) is 0 Å². The first-order valence-electron chi connectivity index (χ1n) is 5.23. The molecule has 0 fully saturated rings. The van der Waals surface area contributed by atoms with Crippen molar-refractivity contribution in [1.29, 1.82) is 0 Å². The topological polar surface area (TPSA) is 39.7 Å². The van der Waals surface area contributed by atoms with Crippen LogP contribution >= 0.6 is 0 Å². The zero-order valence-electron chi connectivity index (χ0n) is 10.1. The van der Waals surface area contributed by atoms with Gasteiger partial charge in [-0.2, -0.15) is 0 Å². The van der Waals surface area contributed by atoms with Gasteiger partial charge < -0.3 is 14.2 Å². The smallest absolute Gasteiger partial charge is 0.254 e. The molecule has 5 heteroatoms. The Balaban J connectivity index is 4.40. The number of nitrogens with one attached hydrogen (secondary N) is 1. The monoisotopic (exact) mass is 232 g/mol. The molecule has 1 atom stereocenters. The minimum absolute atomic E-state index is 0.193. The van der Waals surface area contributed by atoms with Gasteiger partial charge in [0.2, 0.25) is 0 Å². The number of methoxy groups -OCH3 is 3. The molecular weight excluding hydrogens is 210 g/mol. The molecule has 1 unspecified atom stereocenters. The number of unbranched alkanes of at least 4 members (excludes halogenated alkanes) is 1. The van der Waals surface area contributed by atoms with Crippen LogP contribution in [-0.4, -0.2) is 50.1 Å². The largest absolute Gasteiger partial charge is 0.375 e. The molecule has 0 heterocycles. The highest BCUT2D eigenvalue weighted by atomic mass is 28.1. The van der Waals surface area contributed by atoms with Gasteiger partial charge in [-0.15, -0.1) is 0 Å². The van der Waals surface area contributed by atoms with E-state index in [4.69, 9.17) is 14.2 Å². The highest BCUT2D eigenvalue weighted by molar-refractivity contribution is 6.08. The zero-order valence-corrected chi connectivity index (χ0v) is 11.1. The van der Waals surface area contributed by atoms with Crippen LogP contribution in [0.3, 0.4) is 0 Å². The summed E-state index contributed by atoms with van der Waals surface area (Å²) in [6.45, 7) is 2.98. The van der Waals surface area contributed by atoms with Gasteiger partial charge in [0.15, 0.2) is 0 Å². The van der Waals surface area contributed by atoms with Crippen LogP contribution in [0.15, 0.2) is 0 Å². The first-order valence-corrected chi connectivity index (χ1v) is 5.94. The average Bonchev–Trinajstić information content (AvgIpc) is 2.28. The van der Waals surface area contributed by atoms with E-state index in [1.165, 1.54) is 0 Å². The number of ether oxygens (including phenoxy) is 3. The van der Waals surface area contributed by atoms with Gasteiger partial charge in [0, 0.05) is 38.1 Å². The Hall–Kier alpha value is 0.0569. The van der Waals surface area contributed by atoms with Crippen molar-refractivity contribution in [2.45, 2.75) is 37.8 Å². The van der Waals surface area contributed by atoms with E-state index < -0.39 is 5.91 Å². The Labute approximate surface area is 96.1 Å². The number of hydrogen-bond acceptors (Lipinski definition) is 4. The maximum absolute atomic E-state index is 5.39. The van der Waals surface area contributed by atoms with Crippen LogP contribution in [0.1, 0.15) is 19.8 Å². The SMILES string of the molecule is CCCCNC(OC)(OC)C(C[Si])OC. The standard InChI is InChI=1S/C10H22NO3Si/c1-5-6-7-11-10(13-3,14-4)9(8-15)12-2/h9,11H,5-8H2,1-4H3. The minimum atomic E-state index is -0.869. The van der Waals surface area contributed by atoms with E-state index in [9.17, 15) is 0 Å². The van der Waals surface area contributed by atoms with Crippen LogP contribution in [0.2, 0.25) is 6.04 Å². The third kappa shape index (κ3) is 4.20. The quantitative estimate of drug-likeness (QED) is 0.365. The third-order valence-electron chi connectivity index (χ3n) is 2.40. The second-order valence-electron chi connectivity index (χ2n) is 3.28. The fourth-order valence-corrected chi connectivity index (χ4v) is 1.85. The molecule has 0 spiro atoms. The number of rotatable bonds is 9. The molecule has 0 aliphatic rings. The lowest BCUT2D eigenvalue weighted by Crippen LogP contribution is -2.58. The van der Waals surface area contributed by atoms with Crippen molar-refractivity contribution in [2.24, 2.45) is 0 Å². The van der Waals surface area contributed by atoms with Crippen molar-refractivity contribution in [1.82, 2.24) is 5.32 Å². The molecule has 0 aliphatic carbocycles. The Morgan fingerprint density at radius 1 is 1.27 bits per heavy atom. The lowest BCUT2D eigenvalue weighted by atomic mass is 10.2. The summed E-state index contributed by atoms with van der Waals surface area (Å²) >= 11 is 0. The summed E-state index contributed by atoms with van der Waals surface area (Å²) in [5.41, 5.74) is 0. The second kappa shape index (κ2) is 8.24. The van der Waals surface area contributed by atoms with Gasteiger partial charge in [-0.05, 0) is 12.5 Å². The summed E-state index contributed by atoms with van der Waals surface area (Å²) in [4.78, 5) is 0. The lowest BCUT2D eigenvalue weighted by molar-refractivity contribution is -0.278. The second-order valence-corrected chi connectivity index (χ2v) is 3.69. The maximum atomic E-state index is 5.39. The summed E-state index contributed by atoms with van der Waals surface area (Å²) in [6.07, 6.45) is 2.01. The Morgan fingerprint density at radius 2 is 1.87 bits per heavy atom. The van der Waals surface area contributed by atoms with Gasteiger partial charge >= 0.3 is 0 Å². The Morgan fingerprint density at radius 3 is 2.20 bits per heavy atom. The third-order valence-corrected chi connectivity index (χ3v) is 2.77. The minimum Gasteiger partial charge on any atom is -0.375 e. The summed E-state index contributed by atoms with van der Waals surface area (Å²) in [7, 11) is 8.28. The van der Waals surface area contributed by atoms with Crippen molar-refractivity contribution in [2.75, 3.05) is 27.9 Å². The molecule has 0 saturated carbocycles. The van der Waals surface area contributed by atoms with Crippen molar-refractivity contribution in [3.63, 3.8) is 0 Å². The summed E-state index contributed by atoms with van der Waals surface area (Å²) < 4.78 is 16.1. The van der Waals surface area contributed by atoms with Gasteiger partial charge in [0.25, 0.3) is 5.91 Å². The lowest BCUT2D eigenvalue weighted by Gasteiger charge is -2.37. The predicted molar refractivity (Wildman–Crippen MR) is 61.0 cm³/mol. The Bertz CT molecular complexity index is 150. The van der Waals surface area contributed by atoms with E-state index in [0.29, 0.717) is 6.04 Å². The van der Waals surface area contributed by atoms with E-state index in [1.54, 1.807) is 21.3 Å². The molecule has 15 heavy (non-hydrogen) atoms. The molecule has 0 aliphatic heterocycles. The summed E-state index contributed by atoms with van der Waals surface area (Å²) in [5.74, 6) is -0.869. The van der Waals surface area contributed by atoms with Crippen LogP contribution in [-0.2, 0) is 14.2 Å². The van der Waals surface area contributed by atoms with Crippen molar-refractivity contribution in [3.8, 4) is 0 Å². The molecule has 0 saturated heterocycles. The van der Waals surface area contributed by atoms with Gasteiger partial charge in [0.05, 0.1) is 0 Å². The van der Waals surface area contributed by atoms with Crippen LogP contribution in [0.25, 0.3) is 0 Å². The fraction of sp³-hybridized carbons (Fsp3) is 1.00. The highest BCUT2D eigenvalue weighted by Crippen LogP contribution is 2.18. The van der Waals surface area contributed by atoms with Crippen molar-refractivity contribution in [3.05, 3.63) is 0 Å². The molecule has 0 aromatic carbocycles. The van der Waals surface area contributed by atoms with Gasteiger partial charge in [-0.3, -0.25) is 5.32 Å². The van der Waals surface area contributed by atoms with Crippen molar-refractivity contribution < 1.29 is 14.2 Å². The molecule has 0 amide bonds. The zero-order chi connectivity index (χ0) is 11.7. The molecule has 0 rings (SSSR count). The van der Waals surface area contributed by atoms with E-state index in [2.05, 4.69) is 22.5 Å². The van der Waals surface area contributed by atoms with Crippen LogP contribution in [0.5, 0.6) is 0 Å². The van der Waals surface area contributed by atoms with Crippen LogP contribution in [0, 0.1) is 0 Å².